The highest BCUT2D eigenvalue weighted by Gasteiger charge is 2.24. The Morgan fingerprint density at radius 2 is 2.11 bits per heavy atom. The molecular formula is C19H28BrFN4O2. The van der Waals surface area contributed by atoms with Crippen molar-refractivity contribution in [3.05, 3.63) is 34.1 Å². The molecule has 0 radical (unpaired) electrons. The van der Waals surface area contributed by atoms with Crippen molar-refractivity contribution in [2.45, 2.75) is 39.2 Å². The maximum atomic E-state index is 13.8. The van der Waals surface area contributed by atoms with Crippen LogP contribution in [0.25, 0.3) is 0 Å². The van der Waals surface area contributed by atoms with Gasteiger partial charge in [0.1, 0.15) is 5.82 Å². The van der Waals surface area contributed by atoms with Gasteiger partial charge < -0.3 is 20.3 Å². The highest BCUT2D eigenvalue weighted by atomic mass is 79.9. The fourth-order valence-electron chi connectivity index (χ4n) is 2.96. The molecule has 2 rings (SSSR count). The fourth-order valence-corrected chi connectivity index (χ4v) is 3.37. The molecule has 2 N–H and O–H groups in total. The van der Waals surface area contributed by atoms with Crippen molar-refractivity contribution in [2.75, 3.05) is 32.8 Å². The number of guanidine groups is 1. The molecule has 0 aromatic heterocycles. The summed E-state index contributed by atoms with van der Waals surface area (Å²) in [6.07, 6.45) is 1.96. The van der Waals surface area contributed by atoms with Gasteiger partial charge in [-0.15, -0.1) is 0 Å². The molecule has 0 aliphatic carbocycles. The molecule has 27 heavy (non-hydrogen) atoms. The van der Waals surface area contributed by atoms with E-state index in [9.17, 15) is 9.18 Å². The predicted molar refractivity (Wildman–Crippen MR) is 109 cm³/mol. The molecule has 1 aliphatic heterocycles. The average molecular weight is 443 g/mol. The van der Waals surface area contributed by atoms with Crippen LogP contribution in [0.1, 0.15) is 32.3 Å². The summed E-state index contributed by atoms with van der Waals surface area (Å²) in [4.78, 5) is 18.1. The molecule has 0 saturated carbocycles. The number of ether oxygens (including phenoxy) is 1. The van der Waals surface area contributed by atoms with Gasteiger partial charge in [-0.25, -0.2) is 9.18 Å². The largest absolute Gasteiger partial charge is 0.450 e. The summed E-state index contributed by atoms with van der Waals surface area (Å²) in [7, 11) is 0. The van der Waals surface area contributed by atoms with Gasteiger partial charge in [-0.2, -0.15) is 0 Å². The minimum Gasteiger partial charge on any atom is -0.450 e. The van der Waals surface area contributed by atoms with Gasteiger partial charge >= 0.3 is 6.09 Å². The molecule has 1 aromatic carbocycles. The van der Waals surface area contributed by atoms with Crippen LogP contribution in [0.15, 0.2) is 27.7 Å². The second kappa shape index (κ2) is 11.1. The Labute approximate surface area is 168 Å². The Hall–Kier alpha value is -1.83. The quantitative estimate of drug-likeness (QED) is 0.523. The second-order valence-electron chi connectivity index (χ2n) is 6.35. The number of nitrogens with one attached hydrogen (secondary N) is 2. The Morgan fingerprint density at radius 3 is 2.78 bits per heavy atom. The molecule has 1 heterocycles. The van der Waals surface area contributed by atoms with E-state index in [0.29, 0.717) is 38.2 Å². The third-order valence-corrected chi connectivity index (χ3v) is 4.86. The van der Waals surface area contributed by atoms with Gasteiger partial charge in [0.15, 0.2) is 5.96 Å². The third-order valence-electron chi connectivity index (χ3n) is 4.36. The van der Waals surface area contributed by atoms with Crippen LogP contribution in [-0.4, -0.2) is 55.8 Å². The molecule has 0 atom stereocenters. The van der Waals surface area contributed by atoms with Gasteiger partial charge in [-0.3, -0.25) is 4.99 Å². The number of hydrogen-bond donors (Lipinski definition) is 2. The molecular weight excluding hydrogens is 415 g/mol. The third kappa shape index (κ3) is 7.01. The minimum atomic E-state index is -0.243. The normalized spacial score (nSPS) is 15.6. The van der Waals surface area contributed by atoms with Crippen LogP contribution < -0.4 is 10.6 Å². The zero-order valence-corrected chi connectivity index (χ0v) is 17.5. The van der Waals surface area contributed by atoms with E-state index in [1.165, 1.54) is 6.07 Å². The summed E-state index contributed by atoms with van der Waals surface area (Å²) in [6.45, 7) is 6.79. The molecule has 1 amide bonds. The molecule has 0 spiro atoms. The fraction of sp³-hybridized carbons (Fsp3) is 0.579. The van der Waals surface area contributed by atoms with E-state index >= 15 is 0 Å². The van der Waals surface area contributed by atoms with Crippen LogP contribution >= 0.6 is 15.9 Å². The minimum absolute atomic E-state index is 0.210. The molecule has 6 nitrogen and oxygen atoms in total. The highest BCUT2D eigenvalue weighted by Crippen LogP contribution is 2.16. The lowest BCUT2D eigenvalue weighted by molar-refractivity contribution is 0.0963. The van der Waals surface area contributed by atoms with E-state index in [0.717, 1.165) is 29.8 Å². The summed E-state index contributed by atoms with van der Waals surface area (Å²) < 4.78 is 19.7. The lowest BCUT2D eigenvalue weighted by Crippen LogP contribution is -2.50. The smallest absolute Gasteiger partial charge is 0.409 e. The number of halogens is 2. The first-order chi connectivity index (χ1) is 13.0. The van der Waals surface area contributed by atoms with Crippen LogP contribution in [0.2, 0.25) is 0 Å². The van der Waals surface area contributed by atoms with Crippen LogP contribution in [0, 0.1) is 5.82 Å². The number of likely N-dealkylation sites (tertiary alicyclic amines) is 1. The van der Waals surface area contributed by atoms with E-state index in [1.54, 1.807) is 17.0 Å². The molecule has 1 saturated heterocycles. The highest BCUT2D eigenvalue weighted by molar-refractivity contribution is 9.10. The lowest BCUT2D eigenvalue weighted by Gasteiger charge is -2.32. The van der Waals surface area contributed by atoms with E-state index in [1.807, 2.05) is 13.8 Å². The van der Waals surface area contributed by atoms with Gasteiger partial charge in [0.25, 0.3) is 0 Å². The Bertz CT molecular complexity index is 649. The number of aliphatic imine (C=N–C) groups is 1. The van der Waals surface area contributed by atoms with Crippen molar-refractivity contribution < 1.29 is 13.9 Å². The van der Waals surface area contributed by atoms with Gasteiger partial charge in [0, 0.05) is 36.7 Å². The Balaban J connectivity index is 1.85. The standard InChI is InChI=1S/C19H28BrFN4O2/c1-3-22-18(23-10-7-14-13-15(20)5-6-17(14)21)24-16-8-11-25(12-9-16)19(26)27-4-2/h5-6,13,16H,3-4,7-12H2,1-2H3,(H2,22,23,24). The number of carbonyl (C=O) groups is 1. The Morgan fingerprint density at radius 1 is 1.37 bits per heavy atom. The topological polar surface area (TPSA) is 66.0 Å². The van der Waals surface area contributed by atoms with Gasteiger partial charge in [-0.1, -0.05) is 15.9 Å². The summed E-state index contributed by atoms with van der Waals surface area (Å²) in [5.74, 6) is 0.514. The summed E-state index contributed by atoms with van der Waals surface area (Å²) in [5, 5.41) is 6.64. The molecule has 1 fully saturated rings. The number of amides is 1. The number of piperidine rings is 1. The maximum absolute atomic E-state index is 13.8. The van der Waals surface area contributed by atoms with Crippen LogP contribution in [-0.2, 0) is 11.2 Å². The molecule has 1 aromatic rings. The lowest BCUT2D eigenvalue weighted by atomic mass is 10.1. The SMILES string of the molecule is CCNC(=NCCc1cc(Br)ccc1F)NC1CCN(C(=O)OCC)CC1. The zero-order chi connectivity index (χ0) is 19.6. The van der Waals surface area contributed by atoms with E-state index < -0.39 is 0 Å². The monoisotopic (exact) mass is 442 g/mol. The zero-order valence-electron chi connectivity index (χ0n) is 15.9. The van der Waals surface area contributed by atoms with E-state index in [-0.39, 0.29) is 18.0 Å². The molecule has 0 bridgehead atoms. The van der Waals surface area contributed by atoms with Crippen LogP contribution in [0.4, 0.5) is 9.18 Å². The maximum Gasteiger partial charge on any atom is 0.409 e. The summed E-state index contributed by atoms with van der Waals surface area (Å²) in [6, 6.07) is 5.19. The number of hydrogen-bond acceptors (Lipinski definition) is 3. The van der Waals surface area contributed by atoms with Gasteiger partial charge in [-0.05, 0) is 56.9 Å². The van der Waals surface area contributed by atoms with Crippen molar-refractivity contribution in [2.24, 2.45) is 4.99 Å². The summed E-state index contributed by atoms with van der Waals surface area (Å²) >= 11 is 3.37. The van der Waals surface area contributed by atoms with E-state index in [2.05, 4.69) is 31.6 Å². The first kappa shape index (κ1) is 21.5. The van der Waals surface area contributed by atoms with Gasteiger partial charge in [0.2, 0.25) is 0 Å². The molecule has 0 unspecified atom stereocenters. The molecule has 150 valence electrons. The first-order valence-corrected chi connectivity index (χ1v) is 10.2. The van der Waals surface area contributed by atoms with Crippen molar-refractivity contribution in [1.29, 1.82) is 0 Å². The predicted octanol–water partition coefficient (Wildman–Crippen LogP) is 3.31. The number of benzene rings is 1. The second-order valence-corrected chi connectivity index (χ2v) is 7.27. The van der Waals surface area contributed by atoms with Crippen LogP contribution in [0.5, 0.6) is 0 Å². The number of nitrogens with zero attached hydrogens (tertiary/aromatic N) is 2. The van der Waals surface area contributed by atoms with Crippen molar-refractivity contribution >= 4 is 28.0 Å². The van der Waals surface area contributed by atoms with Crippen molar-refractivity contribution in [3.8, 4) is 0 Å². The van der Waals surface area contributed by atoms with Crippen LogP contribution in [0.3, 0.4) is 0 Å². The van der Waals surface area contributed by atoms with E-state index in [4.69, 9.17) is 4.74 Å². The Kier molecular flexibility index (Phi) is 8.84. The van der Waals surface area contributed by atoms with Gasteiger partial charge in [0.05, 0.1) is 6.61 Å². The van der Waals surface area contributed by atoms with Crippen molar-refractivity contribution in [1.82, 2.24) is 15.5 Å². The average Bonchev–Trinajstić information content (AvgIpc) is 2.65. The summed E-state index contributed by atoms with van der Waals surface area (Å²) in [5.41, 5.74) is 0.645. The number of carbonyl (C=O) groups excluding carboxylic acids is 1. The molecule has 1 aliphatic rings. The van der Waals surface area contributed by atoms with Crippen molar-refractivity contribution in [3.63, 3.8) is 0 Å². The number of rotatable bonds is 6. The molecule has 8 heteroatoms. The first-order valence-electron chi connectivity index (χ1n) is 9.44.